The van der Waals surface area contributed by atoms with Crippen LogP contribution in [0.5, 0.6) is 5.75 Å². The third-order valence-corrected chi connectivity index (χ3v) is 2.37. The van der Waals surface area contributed by atoms with Gasteiger partial charge in [0.25, 0.3) is 0 Å². The first-order valence-corrected chi connectivity index (χ1v) is 5.28. The number of anilines is 1. The van der Waals surface area contributed by atoms with E-state index in [1.807, 2.05) is 38.2 Å². The third-order valence-electron chi connectivity index (χ3n) is 2.37. The summed E-state index contributed by atoms with van der Waals surface area (Å²) in [6.45, 7) is 1.81. The van der Waals surface area contributed by atoms with Gasteiger partial charge in [-0.05, 0) is 19.1 Å². The Labute approximate surface area is 99.9 Å². The summed E-state index contributed by atoms with van der Waals surface area (Å²) in [6, 6.07) is 7.65. The van der Waals surface area contributed by atoms with Crippen LogP contribution in [0.4, 0.5) is 5.82 Å². The van der Waals surface area contributed by atoms with Crippen LogP contribution < -0.4 is 10.1 Å². The summed E-state index contributed by atoms with van der Waals surface area (Å²) >= 11 is 0. The lowest BCUT2D eigenvalue weighted by molar-refractivity contribution is 0.415. The lowest BCUT2D eigenvalue weighted by Crippen LogP contribution is -2.02. The summed E-state index contributed by atoms with van der Waals surface area (Å²) in [5, 5.41) is 11.2. The molecule has 1 aromatic heterocycles. The number of nitrogens with zero attached hydrogens (tertiary/aromatic N) is 3. The highest BCUT2D eigenvalue weighted by Gasteiger charge is 2.09. The predicted molar refractivity (Wildman–Crippen MR) is 66.1 cm³/mol. The molecule has 0 saturated carbocycles. The summed E-state index contributed by atoms with van der Waals surface area (Å²) in [5.74, 6) is 2.14. The van der Waals surface area contributed by atoms with Crippen LogP contribution in [0.25, 0.3) is 11.3 Å². The van der Waals surface area contributed by atoms with Crippen LogP contribution in [0, 0.1) is 6.92 Å². The van der Waals surface area contributed by atoms with Crippen LogP contribution in [0.3, 0.4) is 0 Å². The summed E-state index contributed by atoms with van der Waals surface area (Å²) in [7, 11) is 3.45. The molecule has 0 atom stereocenters. The molecular formula is C12H14N4O. The maximum atomic E-state index is 5.18. The lowest BCUT2D eigenvalue weighted by Gasteiger charge is -2.08. The molecule has 0 bridgehead atoms. The van der Waals surface area contributed by atoms with Gasteiger partial charge < -0.3 is 10.1 Å². The van der Waals surface area contributed by atoms with Gasteiger partial charge in [-0.1, -0.05) is 12.1 Å². The minimum absolute atomic E-state index is 0.640. The first-order chi connectivity index (χ1) is 8.24. The fourth-order valence-electron chi connectivity index (χ4n) is 1.55. The Balaban J connectivity index is 2.51. The van der Waals surface area contributed by atoms with Crippen molar-refractivity contribution in [3.05, 3.63) is 30.1 Å². The molecule has 1 aromatic carbocycles. The van der Waals surface area contributed by atoms with E-state index in [4.69, 9.17) is 4.74 Å². The van der Waals surface area contributed by atoms with Crippen molar-refractivity contribution in [2.75, 3.05) is 19.5 Å². The molecule has 0 spiro atoms. The van der Waals surface area contributed by atoms with E-state index in [1.54, 1.807) is 7.11 Å². The number of hydrogen-bond donors (Lipinski definition) is 1. The standard InChI is InChI=1S/C12H14N4O/c1-8-14-12(13-2)11(16-15-8)9-5-4-6-10(7-9)17-3/h4-7H,1-3H3,(H,13,14,15). The fraction of sp³-hybridized carbons (Fsp3) is 0.250. The molecule has 0 aliphatic heterocycles. The number of aromatic nitrogens is 3. The number of rotatable bonds is 3. The highest BCUT2D eigenvalue weighted by Crippen LogP contribution is 2.26. The molecule has 1 N–H and O–H groups in total. The van der Waals surface area contributed by atoms with Gasteiger partial charge in [0.1, 0.15) is 17.3 Å². The summed E-state index contributed by atoms with van der Waals surface area (Å²) in [5.41, 5.74) is 1.64. The maximum absolute atomic E-state index is 5.18. The van der Waals surface area contributed by atoms with Crippen molar-refractivity contribution < 1.29 is 4.74 Å². The topological polar surface area (TPSA) is 59.9 Å². The molecule has 5 nitrogen and oxygen atoms in total. The van der Waals surface area contributed by atoms with E-state index in [9.17, 15) is 0 Å². The minimum atomic E-state index is 0.640. The Bertz CT molecular complexity index is 528. The molecule has 0 radical (unpaired) electrons. The number of aryl methyl sites for hydroxylation is 1. The highest BCUT2D eigenvalue weighted by molar-refractivity contribution is 5.71. The average molecular weight is 230 g/mol. The first kappa shape index (κ1) is 11.3. The van der Waals surface area contributed by atoms with Crippen LogP contribution in [-0.2, 0) is 0 Å². The second-order valence-electron chi connectivity index (χ2n) is 3.54. The number of methoxy groups -OCH3 is 1. The molecule has 0 saturated heterocycles. The van der Waals surface area contributed by atoms with Crippen LogP contribution in [0.1, 0.15) is 5.82 Å². The molecule has 2 aromatic rings. The second-order valence-corrected chi connectivity index (χ2v) is 3.54. The normalized spacial score (nSPS) is 10.1. The zero-order valence-electron chi connectivity index (χ0n) is 10.1. The van der Waals surface area contributed by atoms with Gasteiger partial charge in [-0.15, -0.1) is 10.2 Å². The fourth-order valence-corrected chi connectivity index (χ4v) is 1.55. The zero-order valence-corrected chi connectivity index (χ0v) is 10.1. The largest absolute Gasteiger partial charge is 0.497 e. The number of hydrogen-bond acceptors (Lipinski definition) is 5. The first-order valence-electron chi connectivity index (χ1n) is 5.28. The Hall–Kier alpha value is -2.17. The van der Waals surface area contributed by atoms with E-state index in [0.29, 0.717) is 11.6 Å². The molecule has 0 aliphatic rings. The average Bonchev–Trinajstić information content (AvgIpc) is 2.38. The molecule has 1 heterocycles. The van der Waals surface area contributed by atoms with Gasteiger partial charge in [-0.25, -0.2) is 4.98 Å². The van der Waals surface area contributed by atoms with Crippen molar-refractivity contribution in [1.29, 1.82) is 0 Å². The SMILES string of the molecule is CNc1nc(C)nnc1-c1cccc(OC)c1. The molecule has 0 amide bonds. The minimum Gasteiger partial charge on any atom is -0.497 e. The van der Waals surface area contributed by atoms with E-state index in [1.165, 1.54) is 0 Å². The highest BCUT2D eigenvalue weighted by atomic mass is 16.5. The van der Waals surface area contributed by atoms with Crippen molar-refractivity contribution in [2.24, 2.45) is 0 Å². The van der Waals surface area contributed by atoms with Crippen LogP contribution in [0.15, 0.2) is 24.3 Å². The van der Waals surface area contributed by atoms with Crippen molar-refractivity contribution in [2.45, 2.75) is 6.92 Å². The molecule has 0 aliphatic carbocycles. The number of ether oxygens (including phenoxy) is 1. The molecule has 0 fully saturated rings. The van der Waals surface area contributed by atoms with E-state index in [2.05, 4.69) is 20.5 Å². The van der Waals surface area contributed by atoms with Gasteiger partial charge in [0.15, 0.2) is 5.82 Å². The Morgan fingerprint density at radius 1 is 1.24 bits per heavy atom. The van der Waals surface area contributed by atoms with Gasteiger partial charge in [-0.3, -0.25) is 0 Å². The van der Waals surface area contributed by atoms with Gasteiger partial charge in [0.05, 0.1) is 7.11 Å². The zero-order chi connectivity index (χ0) is 12.3. The van der Waals surface area contributed by atoms with Crippen molar-refractivity contribution in [1.82, 2.24) is 15.2 Å². The molecule has 0 unspecified atom stereocenters. The van der Waals surface area contributed by atoms with Crippen LogP contribution >= 0.6 is 0 Å². The smallest absolute Gasteiger partial charge is 0.156 e. The van der Waals surface area contributed by atoms with Crippen molar-refractivity contribution in [3.63, 3.8) is 0 Å². The lowest BCUT2D eigenvalue weighted by atomic mass is 10.1. The van der Waals surface area contributed by atoms with Crippen molar-refractivity contribution >= 4 is 5.82 Å². The van der Waals surface area contributed by atoms with E-state index in [0.717, 1.165) is 17.0 Å². The maximum Gasteiger partial charge on any atom is 0.156 e. The third kappa shape index (κ3) is 2.33. The van der Waals surface area contributed by atoms with E-state index < -0.39 is 0 Å². The quantitative estimate of drug-likeness (QED) is 0.872. The molecule has 2 rings (SSSR count). The number of benzene rings is 1. The Kier molecular flexibility index (Phi) is 3.18. The van der Waals surface area contributed by atoms with E-state index in [-0.39, 0.29) is 0 Å². The molecule has 17 heavy (non-hydrogen) atoms. The van der Waals surface area contributed by atoms with Gasteiger partial charge >= 0.3 is 0 Å². The second kappa shape index (κ2) is 4.78. The monoisotopic (exact) mass is 230 g/mol. The molecule has 5 heteroatoms. The van der Waals surface area contributed by atoms with Crippen molar-refractivity contribution in [3.8, 4) is 17.0 Å². The molecular weight excluding hydrogens is 216 g/mol. The Morgan fingerprint density at radius 2 is 2.06 bits per heavy atom. The van der Waals surface area contributed by atoms with Gasteiger partial charge in [-0.2, -0.15) is 0 Å². The van der Waals surface area contributed by atoms with Gasteiger partial charge in [0, 0.05) is 12.6 Å². The number of nitrogens with one attached hydrogen (secondary N) is 1. The van der Waals surface area contributed by atoms with E-state index >= 15 is 0 Å². The Morgan fingerprint density at radius 3 is 2.76 bits per heavy atom. The van der Waals surface area contributed by atoms with Crippen LogP contribution in [-0.4, -0.2) is 29.3 Å². The van der Waals surface area contributed by atoms with Crippen LogP contribution in [0.2, 0.25) is 0 Å². The molecule has 88 valence electrons. The van der Waals surface area contributed by atoms with Gasteiger partial charge in [0.2, 0.25) is 0 Å². The summed E-state index contributed by atoms with van der Waals surface area (Å²) < 4.78 is 5.18. The predicted octanol–water partition coefficient (Wildman–Crippen LogP) is 1.90. The summed E-state index contributed by atoms with van der Waals surface area (Å²) in [6.07, 6.45) is 0. The summed E-state index contributed by atoms with van der Waals surface area (Å²) in [4.78, 5) is 4.30.